The molecule has 0 radical (unpaired) electrons. The number of halogens is 1. The highest BCUT2D eigenvalue weighted by atomic mass is 19.1. The Kier molecular flexibility index (Phi) is 4.92. The molecule has 1 aromatic carbocycles. The molecule has 0 aromatic heterocycles. The SMILES string of the molecule is CNC(C)c1ccc(OC2CC(C)CC(C)(C)C2)c(F)c1. The van der Waals surface area contributed by atoms with Crippen LogP contribution >= 0.6 is 0 Å². The van der Waals surface area contributed by atoms with E-state index in [1.807, 2.05) is 20.0 Å². The van der Waals surface area contributed by atoms with E-state index in [-0.39, 0.29) is 23.4 Å². The summed E-state index contributed by atoms with van der Waals surface area (Å²) in [6, 6.07) is 5.43. The van der Waals surface area contributed by atoms with Gasteiger partial charge in [-0.3, -0.25) is 0 Å². The van der Waals surface area contributed by atoms with Gasteiger partial charge in [-0.1, -0.05) is 26.8 Å². The van der Waals surface area contributed by atoms with Crippen molar-refractivity contribution in [3.63, 3.8) is 0 Å². The van der Waals surface area contributed by atoms with Crippen LogP contribution in [0.15, 0.2) is 18.2 Å². The van der Waals surface area contributed by atoms with Gasteiger partial charge in [0.1, 0.15) is 0 Å². The van der Waals surface area contributed by atoms with Crippen LogP contribution in [-0.4, -0.2) is 13.2 Å². The summed E-state index contributed by atoms with van der Waals surface area (Å²) in [6.45, 7) is 8.81. The predicted molar refractivity (Wildman–Crippen MR) is 85.1 cm³/mol. The first-order valence-electron chi connectivity index (χ1n) is 7.94. The standard InChI is InChI=1S/C18H28FNO/c1-12-8-15(11-18(3,4)10-12)21-17-7-6-14(9-16(17)19)13(2)20-5/h6-7,9,12-13,15,20H,8,10-11H2,1-5H3. The highest BCUT2D eigenvalue weighted by Gasteiger charge is 2.33. The van der Waals surface area contributed by atoms with Crippen molar-refractivity contribution >= 4 is 0 Å². The van der Waals surface area contributed by atoms with Gasteiger partial charge in [0.15, 0.2) is 11.6 Å². The van der Waals surface area contributed by atoms with Crippen molar-refractivity contribution in [3.8, 4) is 5.75 Å². The summed E-state index contributed by atoms with van der Waals surface area (Å²) in [4.78, 5) is 0. The van der Waals surface area contributed by atoms with E-state index in [1.165, 1.54) is 6.42 Å². The molecular weight excluding hydrogens is 265 g/mol. The maximum absolute atomic E-state index is 14.2. The second kappa shape index (κ2) is 6.35. The molecule has 0 saturated heterocycles. The molecule has 1 aliphatic rings. The molecule has 1 aromatic rings. The topological polar surface area (TPSA) is 21.3 Å². The Balaban J connectivity index is 2.09. The zero-order chi connectivity index (χ0) is 15.6. The summed E-state index contributed by atoms with van der Waals surface area (Å²) in [5.41, 5.74) is 1.22. The van der Waals surface area contributed by atoms with Crippen LogP contribution in [0.4, 0.5) is 4.39 Å². The van der Waals surface area contributed by atoms with Crippen molar-refractivity contribution in [2.75, 3.05) is 7.05 Å². The van der Waals surface area contributed by atoms with E-state index in [0.29, 0.717) is 11.7 Å². The number of rotatable bonds is 4. The van der Waals surface area contributed by atoms with Crippen molar-refractivity contribution < 1.29 is 9.13 Å². The fourth-order valence-electron chi connectivity index (χ4n) is 3.58. The van der Waals surface area contributed by atoms with Gasteiger partial charge in [0.05, 0.1) is 6.10 Å². The summed E-state index contributed by atoms with van der Waals surface area (Å²) >= 11 is 0. The van der Waals surface area contributed by atoms with Gasteiger partial charge >= 0.3 is 0 Å². The molecule has 1 fully saturated rings. The maximum Gasteiger partial charge on any atom is 0.165 e. The number of nitrogens with one attached hydrogen (secondary N) is 1. The lowest BCUT2D eigenvalue weighted by Gasteiger charge is -2.38. The molecule has 3 atom stereocenters. The molecule has 2 nitrogen and oxygen atoms in total. The maximum atomic E-state index is 14.2. The average Bonchev–Trinajstić information content (AvgIpc) is 2.37. The van der Waals surface area contributed by atoms with Crippen LogP contribution in [0.5, 0.6) is 5.75 Å². The van der Waals surface area contributed by atoms with Crippen LogP contribution in [0, 0.1) is 17.2 Å². The third-order valence-electron chi connectivity index (χ3n) is 4.53. The Morgan fingerprint density at radius 2 is 2.05 bits per heavy atom. The van der Waals surface area contributed by atoms with Gasteiger partial charge in [0.2, 0.25) is 0 Å². The fourth-order valence-corrected chi connectivity index (χ4v) is 3.58. The van der Waals surface area contributed by atoms with Crippen molar-refractivity contribution in [1.29, 1.82) is 0 Å². The van der Waals surface area contributed by atoms with E-state index in [9.17, 15) is 4.39 Å². The zero-order valence-electron chi connectivity index (χ0n) is 13.9. The van der Waals surface area contributed by atoms with E-state index >= 15 is 0 Å². The first-order chi connectivity index (χ1) is 9.80. The average molecular weight is 293 g/mol. The molecule has 21 heavy (non-hydrogen) atoms. The second-order valence-electron chi connectivity index (χ2n) is 7.35. The molecule has 1 aliphatic carbocycles. The molecule has 1 saturated carbocycles. The first kappa shape index (κ1) is 16.3. The highest BCUT2D eigenvalue weighted by molar-refractivity contribution is 5.31. The van der Waals surface area contributed by atoms with E-state index in [1.54, 1.807) is 12.1 Å². The molecule has 1 N–H and O–H groups in total. The Labute approximate surface area is 128 Å². The molecule has 0 aliphatic heterocycles. The van der Waals surface area contributed by atoms with Crippen molar-refractivity contribution in [2.24, 2.45) is 11.3 Å². The van der Waals surface area contributed by atoms with Gasteiger partial charge in [-0.2, -0.15) is 0 Å². The Morgan fingerprint density at radius 3 is 2.62 bits per heavy atom. The van der Waals surface area contributed by atoms with Gasteiger partial charge in [-0.15, -0.1) is 0 Å². The lowest BCUT2D eigenvalue weighted by molar-refractivity contribution is 0.0536. The van der Waals surface area contributed by atoms with E-state index in [0.717, 1.165) is 18.4 Å². The minimum atomic E-state index is -0.259. The predicted octanol–water partition coefficient (Wildman–Crippen LogP) is 4.70. The third-order valence-corrected chi connectivity index (χ3v) is 4.53. The Bertz CT molecular complexity index is 486. The quantitative estimate of drug-likeness (QED) is 0.869. The second-order valence-corrected chi connectivity index (χ2v) is 7.35. The molecule has 3 heteroatoms. The smallest absolute Gasteiger partial charge is 0.165 e. The summed E-state index contributed by atoms with van der Waals surface area (Å²) in [5.74, 6) is 0.757. The van der Waals surface area contributed by atoms with Crippen LogP contribution in [0.1, 0.15) is 58.6 Å². The van der Waals surface area contributed by atoms with Crippen LogP contribution < -0.4 is 10.1 Å². The molecule has 118 valence electrons. The highest BCUT2D eigenvalue weighted by Crippen LogP contribution is 2.40. The molecule has 3 unspecified atom stereocenters. The zero-order valence-corrected chi connectivity index (χ0v) is 13.9. The van der Waals surface area contributed by atoms with Crippen LogP contribution in [0.3, 0.4) is 0 Å². The monoisotopic (exact) mass is 293 g/mol. The summed E-state index contributed by atoms with van der Waals surface area (Å²) in [7, 11) is 1.87. The third kappa shape index (κ3) is 4.19. The van der Waals surface area contributed by atoms with E-state index in [4.69, 9.17) is 4.74 Å². The van der Waals surface area contributed by atoms with Gasteiger partial charge in [0, 0.05) is 6.04 Å². The molecule has 0 amide bonds. The van der Waals surface area contributed by atoms with Crippen LogP contribution in [0.25, 0.3) is 0 Å². The minimum Gasteiger partial charge on any atom is -0.487 e. The number of ether oxygens (including phenoxy) is 1. The van der Waals surface area contributed by atoms with Gasteiger partial charge < -0.3 is 10.1 Å². The molecular formula is C18H28FNO. The van der Waals surface area contributed by atoms with Crippen molar-refractivity contribution in [1.82, 2.24) is 5.32 Å². The Hall–Kier alpha value is -1.09. The van der Waals surface area contributed by atoms with Gasteiger partial charge in [0.25, 0.3) is 0 Å². The van der Waals surface area contributed by atoms with Crippen LogP contribution in [-0.2, 0) is 0 Å². The summed E-state index contributed by atoms with van der Waals surface area (Å²) in [6.07, 6.45) is 3.34. The van der Waals surface area contributed by atoms with Crippen LogP contribution in [0.2, 0.25) is 0 Å². The largest absolute Gasteiger partial charge is 0.487 e. The summed E-state index contributed by atoms with van der Waals surface area (Å²) < 4.78 is 20.2. The molecule has 0 spiro atoms. The first-order valence-corrected chi connectivity index (χ1v) is 7.94. The number of hydrogen-bond donors (Lipinski definition) is 1. The van der Waals surface area contributed by atoms with Gasteiger partial charge in [-0.25, -0.2) is 4.39 Å². The number of hydrogen-bond acceptors (Lipinski definition) is 2. The van der Waals surface area contributed by atoms with Gasteiger partial charge in [-0.05, 0) is 62.3 Å². The molecule has 0 heterocycles. The molecule has 0 bridgehead atoms. The Morgan fingerprint density at radius 1 is 1.33 bits per heavy atom. The lowest BCUT2D eigenvalue weighted by Crippen LogP contribution is -2.34. The molecule has 2 rings (SSSR count). The van der Waals surface area contributed by atoms with E-state index < -0.39 is 0 Å². The summed E-state index contributed by atoms with van der Waals surface area (Å²) in [5, 5.41) is 3.12. The minimum absolute atomic E-state index is 0.117. The van der Waals surface area contributed by atoms with E-state index in [2.05, 4.69) is 26.1 Å². The van der Waals surface area contributed by atoms with Crippen molar-refractivity contribution in [3.05, 3.63) is 29.6 Å². The lowest BCUT2D eigenvalue weighted by atomic mass is 9.71. The van der Waals surface area contributed by atoms with Crippen molar-refractivity contribution in [2.45, 2.75) is 59.1 Å². The number of benzene rings is 1. The normalized spacial score (nSPS) is 26.4. The fraction of sp³-hybridized carbons (Fsp3) is 0.667.